The summed E-state index contributed by atoms with van der Waals surface area (Å²) >= 11 is 3.51. The Labute approximate surface area is 47.1 Å². The fourth-order valence-corrected chi connectivity index (χ4v) is 1.49. The van der Waals surface area contributed by atoms with Crippen molar-refractivity contribution in [2.75, 3.05) is 0 Å². The molecule has 0 aromatic carbocycles. The second kappa shape index (κ2) is 1.53. The van der Waals surface area contributed by atoms with E-state index in [-0.39, 0.29) is 0 Å². The SMILES string of the molecule is CC[C@@H]1C[C@H]1Br. The van der Waals surface area contributed by atoms with Crippen LogP contribution in [0.4, 0.5) is 0 Å². The van der Waals surface area contributed by atoms with E-state index in [9.17, 15) is 0 Å². The third-order valence-electron chi connectivity index (χ3n) is 1.36. The van der Waals surface area contributed by atoms with Crippen LogP contribution in [0.25, 0.3) is 0 Å². The molecule has 1 rings (SSSR count). The van der Waals surface area contributed by atoms with Gasteiger partial charge in [-0.25, -0.2) is 0 Å². The van der Waals surface area contributed by atoms with Gasteiger partial charge in [-0.05, 0) is 12.3 Å². The lowest BCUT2D eigenvalue weighted by atomic mass is 10.3. The molecule has 0 aromatic rings. The molecule has 0 spiro atoms. The van der Waals surface area contributed by atoms with Crippen LogP contribution in [-0.2, 0) is 0 Å². The first-order chi connectivity index (χ1) is 2.84. The predicted molar refractivity (Wildman–Crippen MR) is 31.1 cm³/mol. The van der Waals surface area contributed by atoms with Gasteiger partial charge in [0, 0.05) is 4.83 Å². The molecule has 0 radical (unpaired) electrons. The van der Waals surface area contributed by atoms with E-state index in [1.54, 1.807) is 0 Å². The monoisotopic (exact) mass is 148 g/mol. The Morgan fingerprint density at radius 1 is 1.83 bits per heavy atom. The van der Waals surface area contributed by atoms with Crippen LogP contribution in [0.2, 0.25) is 0 Å². The van der Waals surface area contributed by atoms with Gasteiger partial charge in [0.15, 0.2) is 0 Å². The maximum absolute atomic E-state index is 3.51. The number of hydrogen-bond donors (Lipinski definition) is 0. The molecule has 0 N–H and O–H groups in total. The van der Waals surface area contributed by atoms with Crippen LogP contribution in [0.15, 0.2) is 0 Å². The number of rotatable bonds is 1. The molecule has 0 amide bonds. The maximum atomic E-state index is 3.51. The van der Waals surface area contributed by atoms with Gasteiger partial charge >= 0.3 is 0 Å². The molecule has 1 fully saturated rings. The number of alkyl halides is 1. The molecule has 0 saturated heterocycles. The van der Waals surface area contributed by atoms with E-state index < -0.39 is 0 Å². The van der Waals surface area contributed by atoms with Gasteiger partial charge in [-0.2, -0.15) is 0 Å². The molecule has 36 valence electrons. The third-order valence-corrected chi connectivity index (χ3v) is 2.48. The highest BCUT2D eigenvalue weighted by molar-refractivity contribution is 9.09. The largest absolute Gasteiger partial charge is 0.0888 e. The van der Waals surface area contributed by atoms with E-state index in [1.807, 2.05) is 0 Å². The van der Waals surface area contributed by atoms with Crippen LogP contribution < -0.4 is 0 Å². The topological polar surface area (TPSA) is 0 Å². The van der Waals surface area contributed by atoms with Gasteiger partial charge in [-0.1, -0.05) is 29.3 Å². The summed E-state index contributed by atoms with van der Waals surface area (Å²) in [5, 5.41) is 0. The highest BCUT2D eigenvalue weighted by Crippen LogP contribution is 2.39. The van der Waals surface area contributed by atoms with Crippen LogP contribution in [0.5, 0.6) is 0 Å². The van der Waals surface area contributed by atoms with E-state index in [0.717, 1.165) is 10.7 Å². The minimum Gasteiger partial charge on any atom is -0.0888 e. The summed E-state index contributed by atoms with van der Waals surface area (Å²) in [6.07, 6.45) is 2.77. The Hall–Kier alpha value is 0.480. The smallest absolute Gasteiger partial charge is 0.0177 e. The molecule has 0 aliphatic heterocycles. The van der Waals surface area contributed by atoms with Crippen molar-refractivity contribution in [3.05, 3.63) is 0 Å². The third kappa shape index (κ3) is 0.754. The van der Waals surface area contributed by atoms with Crippen molar-refractivity contribution in [3.63, 3.8) is 0 Å². The first kappa shape index (κ1) is 4.63. The molecule has 1 heteroatoms. The first-order valence-corrected chi connectivity index (χ1v) is 3.40. The van der Waals surface area contributed by atoms with Gasteiger partial charge in [0.2, 0.25) is 0 Å². The number of hydrogen-bond acceptors (Lipinski definition) is 0. The van der Waals surface area contributed by atoms with E-state index >= 15 is 0 Å². The fraction of sp³-hybridized carbons (Fsp3) is 1.00. The van der Waals surface area contributed by atoms with E-state index in [1.165, 1.54) is 12.8 Å². The highest BCUT2D eigenvalue weighted by atomic mass is 79.9. The Morgan fingerprint density at radius 3 is 2.33 bits per heavy atom. The molecular formula is C5H9Br. The Kier molecular flexibility index (Phi) is 1.18. The van der Waals surface area contributed by atoms with Gasteiger partial charge in [-0.15, -0.1) is 0 Å². The van der Waals surface area contributed by atoms with Crippen molar-refractivity contribution < 1.29 is 0 Å². The molecule has 1 saturated carbocycles. The van der Waals surface area contributed by atoms with Crippen molar-refractivity contribution in [1.82, 2.24) is 0 Å². The van der Waals surface area contributed by atoms with Crippen molar-refractivity contribution >= 4 is 15.9 Å². The van der Waals surface area contributed by atoms with E-state index in [2.05, 4.69) is 22.9 Å². The quantitative estimate of drug-likeness (QED) is 0.501. The van der Waals surface area contributed by atoms with Crippen LogP contribution >= 0.6 is 15.9 Å². The average molecular weight is 149 g/mol. The molecule has 2 atom stereocenters. The minimum absolute atomic E-state index is 0.877. The molecule has 0 aromatic heterocycles. The molecule has 0 unspecified atom stereocenters. The zero-order chi connectivity index (χ0) is 4.57. The minimum atomic E-state index is 0.877. The first-order valence-electron chi connectivity index (χ1n) is 2.48. The van der Waals surface area contributed by atoms with Crippen molar-refractivity contribution in [1.29, 1.82) is 0 Å². The van der Waals surface area contributed by atoms with Crippen LogP contribution in [0, 0.1) is 5.92 Å². The maximum Gasteiger partial charge on any atom is 0.0177 e. The Morgan fingerprint density at radius 2 is 2.33 bits per heavy atom. The normalized spacial score (nSPS) is 43.0. The Bertz CT molecular complexity index is 49.9. The van der Waals surface area contributed by atoms with Crippen molar-refractivity contribution in [3.8, 4) is 0 Å². The zero-order valence-electron chi connectivity index (χ0n) is 3.95. The van der Waals surface area contributed by atoms with E-state index in [4.69, 9.17) is 0 Å². The lowest BCUT2D eigenvalue weighted by Gasteiger charge is -1.77. The van der Waals surface area contributed by atoms with Gasteiger partial charge in [0.05, 0.1) is 0 Å². The molecule has 1 aliphatic rings. The van der Waals surface area contributed by atoms with Crippen LogP contribution in [0.3, 0.4) is 0 Å². The summed E-state index contributed by atoms with van der Waals surface area (Å²) in [7, 11) is 0. The number of halogens is 1. The standard InChI is InChI=1S/C5H9Br/c1-2-4-3-5(4)6/h4-5H,2-3H2,1H3/t4-,5-/m1/s1. The van der Waals surface area contributed by atoms with Gasteiger partial charge in [0.1, 0.15) is 0 Å². The molecular weight excluding hydrogens is 140 g/mol. The summed E-state index contributed by atoms with van der Waals surface area (Å²) in [6.45, 7) is 2.24. The Balaban J connectivity index is 2.09. The molecule has 0 bridgehead atoms. The summed E-state index contributed by atoms with van der Waals surface area (Å²) in [6, 6.07) is 0. The van der Waals surface area contributed by atoms with Crippen LogP contribution in [0.1, 0.15) is 19.8 Å². The zero-order valence-corrected chi connectivity index (χ0v) is 5.53. The van der Waals surface area contributed by atoms with Gasteiger partial charge in [-0.3, -0.25) is 0 Å². The molecule has 0 heterocycles. The lowest BCUT2D eigenvalue weighted by Crippen LogP contribution is -1.69. The molecule has 1 aliphatic carbocycles. The van der Waals surface area contributed by atoms with Crippen LogP contribution in [-0.4, -0.2) is 4.83 Å². The molecule has 6 heavy (non-hydrogen) atoms. The summed E-state index contributed by atoms with van der Waals surface area (Å²) < 4.78 is 0. The van der Waals surface area contributed by atoms with Crippen molar-refractivity contribution in [2.45, 2.75) is 24.6 Å². The average Bonchev–Trinajstić information content (AvgIpc) is 2.19. The van der Waals surface area contributed by atoms with Gasteiger partial charge in [0.25, 0.3) is 0 Å². The summed E-state index contributed by atoms with van der Waals surface area (Å²) in [4.78, 5) is 0.877. The summed E-state index contributed by atoms with van der Waals surface area (Å²) in [5.74, 6) is 1.02. The van der Waals surface area contributed by atoms with E-state index in [0.29, 0.717) is 0 Å². The molecule has 0 nitrogen and oxygen atoms in total. The van der Waals surface area contributed by atoms with Gasteiger partial charge < -0.3 is 0 Å². The second-order valence-electron chi connectivity index (χ2n) is 1.92. The fourth-order valence-electron chi connectivity index (χ4n) is 0.633. The summed E-state index contributed by atoms with van der Waals surface area (Å²) in [5.41, 5.74) is 0. The lowest BCUT2D eigenvalue weighted by molar-refractivity contribution is 0.805. The van der Waals surface area contributed by atoms with Crippen molar-refractivity contribution in [2.24, 2.45) is 5.92 Å². The highest BCUT2D eigenvalue weighted by Gasteiger charge is 2.31. The predicted octanol–water partition coefficient (Wildman–Crippen LogP) is 2.18. The second-order valence-corrected chi connectivity index (χ2v) is 3.10.